The van der Waals surface area contributed by atoms with E-state index < -0.39 is 0 Å². The molecular formula is C17H15N3O2S. The minimum atomic E-state index is -0.159. The maximum absolute atomic E-state index is 12.6. The molecule has 2 aromatic heterocycles. The lowest BCUT2D eigenvalue weighted by Crippen LogP contribution is -2.33. The van der Waals surface area contributed by atoms with Crippen LogP contribution < -0.4 is 10.9 Å². The molecule has 1 amide bonds. The number of hydrogen-bond acceptors (Lipinski definition) is 4. The highest BCUT2D eigenvalue weighted by Gasteiger charge is 2.23. The summed E-state index contributed by atoms with van der Waals surface area (Å²) in [6.45, 7) is 0.0246. The fourth-order valence-electron chi connectivity index (χ4n) is 2.46. The number of carbonyl (C=O) groups is 1. The molecule has 3 aromatic rings. The molecule has 0 saturated heterocycles. The highest BCUT2D eigenvalue weighted by Crippen LogP contribution is 2.30. The number of benzene rings is 1. The van der Waals surface area contributed by atoms with Crippen molar-refractivity contribution in [3.05, 3.63) is 53.1 Å². The van der Waals surface area contributed by atoms with Crippen molar-refractivity contribution in [3.63, 3.8) is 0 Å². The summed E-state index contributed by atoms with van der Waals surface area (Å²) in [6, 6.07) is 12.1. The minimum absolute atomic E-state index is 0.0246. The van der Waals surface area contributed by atoms with Gasteiger partial charge in [-0.3, -0.25) is 14.2 Å². The zero-order valence-electron chi connectivity index (χ0n) is 12.4. The topological polar surface area (TPSA) is 64.0 Å². The second-order valence-corrected chi connectivity index (χ2v) is 6.76. The smallest absolute Gasteiger partial charge is 0.271 e. The number of nitrogens with zero attached hydrogens (tertiary/aromatic N) is 2. The Morgan fingerprint density at radius 3 is 2.83 bits per heavy atom. The van der Waals surface area contributed by atoms with Crippen LogP contribution in [0.1, 0.15) is 12.8 Å². The largest absolute Gasteiger partial charge is 0.352 e. The minimum Gasteiger partial charge on any atom is -0.352 e. The van der Waals surface area contributed by atoms with Crippen molar-refractivity contribution >= 4 is 27.5 Å². The molecular weight excluding hydrogens is 310 g/mol. The SMILES string of the molecule is O=C(Cn1cnc2cc(-c3ccccc3)sc2c1=O)NC1CC1. The quantitative estimate of drug-likeness (QED) is 0.801. The van der Waals surface area contributed by atoms with Gasteiger partial charge in [0.05, 0.1) is 11.8 Å². The number of thiophene rings is 1. The van der Waals surface area contributed by atoms with Crippen molar-refractivity contribution in [1.29, 1.82) is 0 Å². The van der Waals surface area contributed by atoms with E-state index in [0.29, 0.717) is 16.3 Å². The predicted molar refractivity (Wildman–Crippen MR) is 90.5 cm³/mol. The molecule has 2 heterocycles. The summed E-state index contributed by atoms with van der Waals surface area (Å²) in [6.07, 6.45) is 3.52. The first-order valence-electron chi connectivity index (χ1n) is 7.54. The number of amides is 1. The van der Waals surface area contributed by atoms with Crippen molar-refractivity contribution < 1.29 is 4.79 Å². The summed E-state index contributed by atoms with van der Waals surface area (Å²) in [5, 5.41) is 2.89. The number of aromatic nitrogens is 2. The molecule has 116 valence electrons. The Balaban J connectivity index is 1.67. The lowest BCUT2D eigenvalue weighted by atomic mass is 10.2. The van der Waals surface area contributed by atoms with E-state index in [0.717, 1.165) is 23.3 Å². The Morgan fingerprint density at radius 2 is 2.09 bits per heavy atom. The molecule has 0 aliphatic heterocycles. The Bertz CT molecular complexity index is 926. The first-order chi connectivity index (χ1) is 11.2. The third-order valence-corrected chi connectivity index (χ3v) is 4.98. The molecule has 23 heavy (non-hydrogen) atoms. The number of carbonyl (C=O) groups excluding carboxylic acids is 1. The first kappa shape index (κ1) is 14.1. The van der Waals surface area contributed by atoms with Crippen LogP contribution in [0.25, 0.3) is 20.7 Å². The van der Waals surface area contributed by atoms with Gasteiger partial charge in [0.15, 0.2) is 0 Å². The zero-order valence-corrected chi connectivity index (χ0v) is 13.2. The fourth-order valence-corrected chi connectivity index (χ4v) is 3.52. The lowest BCUT2D eigenvalue weighted by molar-refractivity contribution is -0.121. The summed E-state index contributed by atoms with van der Waals surface area (Å²) < 4.78 is 1.97. The number of nitrogens with one attached hydrogen (secondary N) is 1. The second kappa shape index (κ2) is 5.62. The van der Waals surface area contributed by atoms with Crippen molar-refractivity contribution in [2.45, 2.75) is 25.4 Å². The van der Waals surface area contributed by atoms with Crippen molar-refractivity contribution in [2.24, 2.45) is 0 Å². The average molecular weight is 325 g/mol. The Morgan fingerprint density at radius 1 is 1.30 bits per heavy atom. The van der Waals surface area contributed by atoms with E-state index in [9.17, 15) is 9.59 Å². The average Bonchev–Trinajstić information content (AvgIpc) is 3.26. The van der Waals surface area contributed by atoms with Gasteiger partial charge >= 0.3 is 0 Å². The van der Waals surface area contributed by atoms with Crippen LogP contribution in [0.5, 0.6) is 0 Å². The van der Waals surface area contributed by atoms with E-state index in [1.807, 2.05) is 36.4 Å². The van der Waals surface area contributed by atoms with E-state index in [4.69, 9.17) is 0 Å². The summed E-state index contributed by atoms with van der Waals surface area (Å²) >= 11 is 1.42. The molecule has 0 radical (unpaired) electrons. The number of rotatable bonds is 4. The van der Waals surface area contributed by atoms with Crippen LogP contribution in [0.4, 0.5) is 0 Å². The fraction of sp³-hybridized carbons (Fsp3) is 0.235. The molecule has 0 unspecified atom stereocenters. The first-order valence-corrected chi connectivity index (χ1v) is 8.36. The van der Waals surface area contributed by atoms with Crippen LogP contribution in [0.15, 0.2) is 47.5 Å². The molecule has 1 N–H and O–H groups in total. The van der Waals surface area contributed by atoms with Gasteiger partial charge < -0.3 is 5.32 Å². The number of hydrogen-bond donors (Lipinski definition) is 1. The standard InChI is InChI=1S/C17H15N3O2S/c21-15(19-12-6-7-12)9-20-10-18-13-8-14(23-16(13)17(20)22)11-4-2-1-3-5-11/h1-5,8,10,12H,6-7,9H2,(H,19,21). The van der Waals surface area contributed by atoms with E-state index >= 15 is 0 Å². The summed E-state index contributed by atoms with van der Waals surface area (Å²) in [4.78, 5) is 29.8. The zero-order chi connectivity index (χ0) is 15.8. The molecule has 1 fully saturated rings. The molecule has 1 aromatic carbocycles. The van der Waals surface area contributed by atoms with E-state index in [2.05, 4.69) is 10.3 Å². The highest BCUT2D eigenvalue weighted by molar-refractivity contribution is 7.22. The van der Waals surface area contributed by atoms with Gasteiger partial charge in [0.1, 0.15) is 11.2 Å². The monoisotopic (exact) mass is 325 g/mol. The molecule has 4 rings (SSSR count). The van der Waals surface area contributed by atoms with Gasteiger partial charge in [-0.25, -0.2) is 4.98 Å². The van der Waals surface area contributed by atoms with E-state index in [1.54, 1.807) is 0 Å². The van der Waals surface area contributed by atoms with Crippen LogP contribution in [-0.4, -0.2) is 21.5 Å². The highest BCUT2D eigenvalue weighted by atomic mass is 32.1. The van der Waals surface area contributed by atoms with Gasteiger partial charge in [-0.2, -0.15) is 0 Å². The molecule has 0 spiro atoms. The van der Waals surface area contributed by atoms with Crippen molar-refractivity contribution in [3.8, 4) is 10.4 Å². The molecule has 1 saturated carbocycles. The summed E-state index contributed by atoms with van der Waals surface area (Å²) in [7, 11) is 0. The third kappa shape index (κ3) is 2.90. The Hall–Kier alpha value is -2.47. The molecule has 1 aliphatic rings. The van der Waals surface area contributed by atoms with Gasteiger partial charge in [-0.15, -0.1) is 11.3 Å². The summed E-state index contributed by atoms with van der Waals surface area (Å²) in [5.41, 5.74) is 1.58. The van der Waals surface area contributed by atoms with Gasteiger partial charge in [-0.05, 0) is 24.5 Å². The van der Waals surface area contributed by atoms with Crippen LogP contribution in [0, 0.1) is 0 Å². The maximum atomic E-state index is 12.6. The third-order valence-electron chi connectivity index (χ3n) is 3.82. The van der Waals surface area contributed by atoms with E-state index in [1.165, 1.54) is 22.2 Å². The molecule has 5 nitrogen and oxygen atoms in total. The van der Waals surface area contributed by atoms with Crippen LogP contribution in [0.3, 0.4) is 0 Å². The van der Waals surface area contributed by atoms with Crippen LogP contribution in [0.2, 0.25) is 0 Å². The molecule has 1 aliphatic carbocycles. The normalized spacial score (nSPS) is 14.1. The number of fused-ring (bicyclic) bond motifs is 1. The second-order valence-electron chi connectivity index (χ2n) is 5.71. The maximum Gasteiger partial charge on any atom is 0.271 e. The molecule has 0 bridgehead atoms. The summed E-state index contributed by atoms with van der Waals surface area (Å²) in [5.74, 6) is -0.129. The Kier molecular flexibility index (Phi) is 3.46. The predicted octanol–water partition coefficient (Wildman–Crippen LogP) is 2.40. The lowest BCUT2D eigenvalue weighted by Gasteiger charge is -2.05. The van der Waals surface area contributed by atoms with Gasteiger partial charge in [0.25, 0.3) is 5.56 Å². The van der Waals surface area contributed by atoms with Crippen molar-refractivity contribution in [2.75, 3.05) is 0 Å². The van der Waals surface area contributed by atoms with Gasteiger partial charge in [0.2, 0.25) is 5.91 Å². The van der Waals surface area contributed by atoms with E-state index in [-0.39, 0.29) is 18.0 Å². The van der Waals surface area contributed by atoms with Crippen molar-refractivity contribution in [1.82, 2.24) is 14.9 Å². The van der Waals surface area contributed by atoms with Crippen LogP contribution in [-0.2, 0) is 11.3 Å². The van der Waals surface area contributed by atoms with Gasteiger partial charge in [0, 0.05) is 10.9 Å². The molecule has 0 atom stereocenters. The van der Waals surface area contributed by atoms with Gasteiger partial charge in [-0.1, -0.05) is 30.3 Å². The van der Waals surface area contributed by atoms with Crippen LogP contribution >= 0.6 is 11.3 Å². The molecule has 6 heteroatoms. The Labute approximate surface area is 136 Å².